The number of pyridine rings is 1. The molecular formula is C22H13Cl3N2O2. The Morgan fingerprint density at radius 2 is 1.48 bits per heavy atom. The Morgan fingerprint density at radius 1 is 0.793 bits per heavy atom. The van der Waals surface area contributed by atoms with Crippen molar-refractivity contribution in [3.05, 3.63) is 93.7 Å². The van der Waals surface area contributed by atoms with Crippen LogP contribution in [0, 0.1) is 0 Å². The van der Waals surface area contributed by atoms with Crippen molar-refractivity contribution in [1.29, 1.82) is 0 Å². The van der Waals surface area contributed by atoms with Gasteiger partial charge in [0, 0.05) is 17.3 Å². The summed E-state index contributed by atoms with van der Waals surface area (Å²) >= 11 is 18.0. The first kappa shape index (κ1) is 19.5. The van der Waals surface area contributed by atoms with Gasteiger partial charge in [-0.3, -0.25) is 9.59 Å². The fourth-order valence-electron chi connectivity index (χ4n) is 3.10. The monoisotopic (exact) mass is 442 g/mol. The Morgan fingerprint density at radius 3 is 2.24 bits per heavy atom. The zero-order chi connectivity index (χ0) is 20.5. The number of anilines is 1. The van der Waals surface area contributed by atoms with E-state index in [1.54, 1.807) is 16.7 Å². The van der Waals surface area contributed by atoms with Crippen LogP contribution >= 0.6 is 34.8 Å². The molecule has 0 aliphatic carbocycles. The standard InChI is InChI=1S/C22H13Cl3N2O2/c23-16-11-18(25)19(12-17(16)24)26-22(29)21(28)20-15(13-6-2-1-3-7-13)10-14-8-4-5-9-27(14)20/h1-12H,(H,26,29). The number of nitrogens with zero attached hydrogens (tertiary/aromatic N) is 1. The number of hydrogen-bond donors (Lipinski definition) is 1. The van der Waals surface area contributed by atoms with Crippen molar-refractivity contribution < 1.29 is 9.59 Å². The molecule has 1 N–H and O–H groups in total. The van der Waals surface area contributed by atoms with E-state index in [2.05, 4.69) is 5.32 Å². The number of benzene rings is 2. The predicted molar refractivity (Wildman–Crippen MR) is 117 cm³/mol. The second kappa shape index (κ2) is 7.91. The van der Waals surface area contributed by atoms with Gasteiger partial charge >= 0.3 is 0 Å². The minimum Gasteiger partial charge on any atom is -0.318 e. The Bertz CT molecular complexity index is 1250. The highest BCUT2D eigenvalue weighted by Crippen LogP contribution is 2.33. The summed E-state index contributed by atoms with van der Waals surface area (Å²) in [6, 6.07) is 19.7. The zero-order valence-electron chi connectivity index (χ0n) is 14.8. The fraction of sp³-hybridized carbons (Fsp3) is 0. The molecule has 0 aliphatic heterocycles. The minimum atomic E-state index is -0.827. The van der Waals surface area contributed by atoms with Crippen LogP contribution in [0.1, 0.15) is 10.5 Å². The molecule has 7 heteroatoms. The molecule has 144 valence electrons. The van der Waals surface area contributed by atoms with E-state index < -0.39 is 11.7 Å². The maximum Gasteiger partial charge on any atom is 0.298 e. The van der Waals surface area contributed by atoms with Crippen LogP contribution in [-0.4, -0.2) is 16.1 Å². The normalized spacial score (nSPS) is 10.9. The average molecular weight is 444 g/mol. The van der Waals surface area contributed by atoms with Gasteiger partial charge in [0.05, 0.1) is 20.8 Å². The summed E-state index contributed by atoms with van der Waals surface area (Å²) in [5, 5.41) is 3.19. The molecule has 0 bridgehead atoms. The average Bonchev–Trinajstić information content (AvgIpc) is 3.11. The van der Waals surface area contributed by atoms with Gasteiger partial charge in [0.25, 0.3) is 11.7 Å². The van der Waals surface area contributed by atoms with Crippen LogP contribution in [0.3, 0.4) is 0 Å². The summed E-state index contributed by atoms with van der Waals surface area (Å²) in [6.45, 7) is 0. The fourth-order valence-corrected chi connectivity index (χ4v) is 3.69. The van der Waals surface area contributed by atoms with E-state index in [1.165, 1.54) is 12.1 Å². The van der Waals surface area contributed by atoms with Crippen molar-refractivity contribution in [1.82, 2.24) is 4.40 Å². The smallest absolute Gasteiger partial charge is 0.298 e. The lowest BCUT2D eigenvalue weighted by atomic mass is 10.0. The molecule has 4 rings (SSSR count). The van der Waals surface area contributed by atoms with Crippen molar-refractivity contribution in [2.75, 3.05) is 5.32 Å². The molecule has 2 aromatic heterocycles. The van der Waals surface area contributed by atoms with Crippen LogP contribution in [0.5, 0.6) is 0 Å². The molecule has 1 amide bonds. The van der Waals surface area contributed by atoms with Gasteiger partial charge in [-0.05, 0) is 35.9 Å². The Labute approximate surface area is 181 Å². The molecule has 29 heavy (non-hydrogen) atoms. The SMILES string of the molecule is O=C(Nc1cc(Cl)c(Cl)cc1Cl)C(=O)c1c(-c2ccccc2)cc2ccccn12. The molecule has 0 spiro atoms. The molecule has 0 saturated heterocycles. The predicted octanol–water partition coefficient (Wildman–Crippen LogP) is 6.39. The maximum absolute atomic E-state index is 13.1. The highest BCUT2D eigenvalue weighted by Gasteiger charge is 2.25. The van der Waals surface area contributed by atoms with E-state index >= 15 is 0 Å². The summed E-state index contributed by atoms with van der Waals surface area (Å²) in [4.78, 5) is 25.9. The number of hydrogen-bond acceptors (Lipinski definition) is 2. The van der Waals surface area contributed by atoms with Crippen LogP contribution in [0.25, 0.3) is 16.6 Å². The van der Waals surface area contributed by atoms with E-state index in [0.717, 1.165) is 11.1 Å². The van der Waals surface area contributed by atoms with Gasteiger partial charge in [-0.1, -0.05) is 71.2 Å². The first-order valence-corrected chi connectivity index (χ1v) is 9.75. The zero-order valence-corrected chi connectivity index (χ0v) is 17.1. The van der Waals surface area contributed by atoms with Crippen LogP contribution in [0.15, 0.2) is 72.9 Å². The molecule has 0 atom stereocenters. The van der Waals surface area contributed by atoms with Gasteiger partial charge in [0.1, 0.15) is 5.69 Å². The highest BCUT2D eigenvalue weighted by molar-refractivity contribution is 6.49. The third-order valence-corrected chi connectivity index (χ3v) is 5.48. The summed E-state index contributed by atoms with van der Waals surface area (Å²) in [5.41, 5.74) is 2.77. The van der Waals surface area contributed by atoms with Gasteiger partial charge in [0.15, 0.2) is 0 Å². The van der Waals surface area contributed by atoms with Gasteiger partial charge < -0.3 is 9.72 Å². The molecular weight excluding hydrogens is 431 g/mol. The van der Waals surface area contributed by atoms with Crippen LogP contribution in [-0.2, 0) is 4.79 Å². The molecule has 4 aromatic rings. The third-order valence-electron chi connectivity index (χ3n) is 4.44. The van der Waals surface area contributed by atoms with Crippen molar-refractivity contribution in [3.8, 4) is 11.1 Å². The lowest BCUT2D eigenvalue weighted by molar-refractivity contribution is -0.112. The highest BCUT2D eigenvalue weighted by atomic mass is 35.5. The van der Waals surface area contributed by atoms with Gasteiger partial charge in [-0.2, -0.15) is 0 Å². The van der Waals surface area contributed by atoms with Crippen LogP contribution in [0.4, 0.5) is 5.69 Å². The molecule has 0 unspecified atom stereocenters. The largest absolute Gasteiger partial charge is 0.318 e. The van der Waals surface area contributed by atoms with Crippen molar-refractivity contribution in [2.24, 2.45) is 0 Å². The second-order valence-electron chi connectivity index (χ2n) is 6.30. The lowest BCUT2D eigenvalue weighted by Gasteiger charge is -2.10. The number of nitrogens with one attached hydrogen (secondary N) is 1. The summed E-state index contributed by atoms with van der Waals surface area (Å²) in [5.74, 6) is -1.52. The first-order valence-electron chi connectivity index (χ1n) is 8.61. The molecule has 0 saturated carbocycles. The van der Waals surface area contributed by atoms with Gasteiger partial charge in [-0.25, -0.2) is 0 Å². The van der Waals surface area contributed by atoms with Crippen LogP contribution < -0.4 is 5.32 Å². The summed E-state index contributed by atoms with van der Waals surface area (Å²) in [6.07, 6.45) is 1.74. The Balaban J connectivity index is 1.77. The van der Waals surface area contributed by atoms with Gasteiger partial charge in [-0.15, -0.1) is 0 Å². The Hall–Kier alpha value is -2.79. The summed E-state index contributed by atoms with van der Waals surface area (Å²) in [7, 11) is 0. The van der Waals surface area contributed by atoms with E-state index in [9.17, 15) is 9.59 Å². The quantitative estimate of drug-likeness (QED) is 0.226. The van der Waals surface area contributed by atoms with E-state index in [1.807, 2.05) is 48.5 Å². The molecule has 2 aromatic carbocycles. The third kappa shape index (κ3) is 3.75. The number of Topliss-reactive ketones (excluding diaryl/α,β-unsaturated/α-hetero) is 1. The lowest BCUT2D eigenvalue weighted by Crippen LogP contribution is -2.24. The second-order valence-corrected chi connectivity index (χ2v) is 7.52. The molecule has 0 aliphatic rings. The summed E-state index contributed by atoms with van der Waals surface area (Å²) < 4.78 is 1.70. The number of carbonyl (C=O) groups excluding carboxylic acids is 2. The molecule has 4 nitrogen and oxygen atoms in total. The number of ketones is 1. The minimum absolute atomic E-state index is 0.184. The number of fused-ring (bicyclic) bond motifs is 1. The number of carbonyl (C=O) groups is 2. The van der Waals surface area contributed by atoms with Crippen molar-refractivity contribution >= 4 is 57.7 Å². The van der Waals surface area contributed by atoms with Crippen molar-refractivity contribution in [3.63, 3.8) is 0 Å². The number of rotatable bonds is 4. The Kier molecular flexibility index (Phi) is 5.33. The number of amides is 1. The van der Waals surface area contributed by atoms with E-state index in [0.29, 0.717) is 5.56 Å². The van der Waals surface area contributed by atoms with E-state index in [-0.39, 0.29) is 26.4 Å². The van der Waals surface area contributed by atoms with Crippen molar-refractivity contribution in [2.45, 2.75) is 0 Å². The van der Waals surface area contributed by atoms with E-state index in [4.69, 9.17) is 34.8 Å². The van der Waals surface area contributed by atoms with Gasteiger partial charge in [0.2, 0.25) is 0 Å². The van der Waals surface area contributed by atoms with Crippen LogP contribution in [0.2, 0.25) is 15.1 Å². The first-order chi connectivity index (χ1) is 14.0. The maximum atomic E-state index is 13.1. The topological polar surface area (TPSA) is 50.6 Å². The molecule has 2 heterocycles. The molecule has 0 radical (unpaired) electrons. The molecule has 0 fully saturated rings. The number of aromatic nitrogens is 1. The number of halogens is 3.